The summed E-state index contributed by atoms with van der Waals surface area (Å²) in [4.78, 5) is 7.61. The van der Waals surface area contributed by atoms with Crippen molar-refractivity contribution in [1.82, 2.24) is 4.90 Å². The highest BCUT2D eigenvalue weighted by Crippen LogP contribution is 2.35. The van der Waals surface area contributed by atoms with Gasteiger partial charge in [-0.05, 0) is 52.9 Å². The zero-order valence-corrected chi connectivity index (χ0v) is 13.4. The van der Waals surface area contributed by atoms with Crippen molar-refractivity contribution in [2.45, 2.75) is 97.2 Å². The maximum atomic E-state index is 4.93. The predicted octanol–water partition coefficient (Wildman–Crippen LogP) is 4.64. The molecule has 2 rings (SSSR count). The molecule has 1 aliphatic heterocycles. The molecule has 1 saturated carbocycles. The van der Waals surface area contributed by atoms with Gasteiger partial charge in [-0.15, -0.1) is 0 Å². The summed E-state index contributed by atoms with van der Waals surface area (Å²) >= 11 is 0. The van der Waals surface area contributed by atoms with Crippen molar-refractivity contribution in [1.29, 1.82) is 0 Å². The van der Waals surface area contributed by atoms with E-state index in [0.29, 0.717) is 12.1 Å². The lowest BCUT2D eigenvalue weighted by Crippen LogP contribution is -2.52. The number of aliphatic imine (C=N–C) groups is 1. The van der Waals surface area contributed by atoms with Gasteiger partial charge in [0.05, 0.1) is 5.84 Å². The minimum atomic E-state index is 0.432. The molecule has 0 amide bonds. The number of likely N-dealkylation sites (tertiary alicyclic amines) is 1. The van der Waals surface area contributed by atoms with Gasteiger partial charge in [0, 0.05) is 24.5 Å². The molecule has 0 spiro atoms. The largest absolute Gasteiger partial charge is 0.355 e. The Morgan fingerprint density at radius 2 is 1.63 bits per heavy atom. The smallest absolute Gasteiger partial charge is 0.0997 e. The maximum Gasteiger partial charge on any atom is 0.0997 e. The molecule has 1 saturated heterocycles. The van der Waals surface area contributed by atoms with Crippen molar-refractivity contribution in [2.75, 3.05) is 0 Å². The summed E-state index contributed by atoms with van der Waals surface area (Å²) in [7, 11) is 0. The van der Waals surface area contributed by atoms with Crippen LogP contribution in [0.5, 0.6) is 0 Å². The van der Waals surface area contributed by atoms with E-state index in [4.69, 9.17) is 4.99 Å². The van der Waals surface area contributed by atoms with Gasteiger partial charge in [-0.1, -0.05) is 25.7 Å². The molecule has 0 aromatic carbocycles. The van der Waals surface area contributed by atoms with E-state index < -0.39 is 0 Å². The molecule has 2 atom stereocenters. The first-order valence-electron chi connectivity index (χ1n) is 8.44. The molecule has 0 aromatic heterocycles. The second-order valence-corrected chi connectivity index (χ2v) is 7.00. The minimum Gasteiger partial charge on any atom is -0.355 e. The van der Waals surface area contributed by atoms with Gasteiger partial charge in [-0.25, -0.2) is 0 Å². The molecular weight excluding hydrogens is 232 g/mol. The van der Waals surface area contributed by atoms with Crippen LogP contribution < -0.4 is 0 Å². The van der Waals surface area contributed by atoms with Gasteiger partial charge in [0.2, 0.25) is 0 Å². The van der Waals surface area contributed by atoms with Gasteiger partial charge >= 0.3 is 0 Å². The molecule has 19 heavy (non-hydrogen) atoms. The van der Waals surface area contributed by atoms with Gasteiger partial charge in [0.25, 0.3) is 0 Å². The lowest BCUT2D eigenvalue weighted by Gasteiger charge is -2.47. The first-order valence-corrected chi connectivity index (χ1v) is 8.44. The van der Waals surface area contributed by atoms with Crippen molar-refractivity contribution in [3.8, 4) is 0 Å². The number of fused-ring (bicyclic) bond motifs is 1. The zero-order chi connectivity index (χ0) is 13.8. The molecule has 110 valence electrons. The van der Waals surface area contributed by atoms with E-state index in [2.05, 4.69) is 32.6 Å². The van der Waals surface area contributed by atoms with Crippen molar-refractivity contribution in [3.63, 3.8) is 0 Å². The molecule has 2 fully saturated rings. The quantitative estimate of drug-likeness (QED) is 0.709. The first kappa shape index (κ1) is 14.9. The highest BCUT2D eigenvalue weighted by atomic mass is 15.2. The second kappa shape index (κ2) is 6.76. The third-order valence-corrected chi connectivity index (χ3v) is 4.73. The van der Waals surface area contributed by atoms with Crippen molar-refractivity contribution < 1.29 is 0 Å². The summed E-state index contributed by atoms with van der Waals surface area (Å²) in [6.07, 6.45) is 11.2. The average Bonchev–Trinajstić information content (AvgIpc) is 2.29. The van der Waals surface area contributed by atoms with Crippen molar-refractivity contribution in [2.24, 2.45) is 10.9 Å². The maximum absolute atomic E-state index is 4.93. The van der Waals surface area contributed by atoms with Crippen LogP contribution in [0, 0.1) is 5.92 Å². The van der Waals surface area contributed by atoms with Gasteiger partial charge in [-0.3, -0.25) is 4.99 Å². The standard InChI is InChI=1S/C17H32N2/c1-13(2)18-17-12-11-15-9-7-5-6-8-10-16(15)19(17)14(3)4/h13-16H,5-12H2,1-4H3/b18-17+. The van der Waals surface area contributed by atoms with Crippen LogP contribution in [-0.2, 0) is 0 Å². The summed E-state index contributed by atoms with van der Waals surface area (Å²) < 4.78 is 0. The van der Waals surface area contributed by atoms with E-state index in [1.165, 1.54) is 57.2 Å². The summed E-state index contributed by atoms with van der Waals surface area (Å²) in [5, 5.41) is 0. The van der Waals surface area contributed by atoms with Crippen LogP contribution in [0.2, 0.25) is 0 Å². The highest BCUT2D eigenvalue weighted by Gasteiger charge is 2.35. The number of nitrogens with zero attached hydrogens (tertiary/aromatic N) is 2. The Kier molecular flexibility index (Phi) is 5.29. The number of rotatable bonds is 2. The molecule has 0 N–H and O–H groups in total. The van der Waals surface area contributed by atoms with Crippen LogP contribution >= 0.6 is 0 Å². The van der Waals surface area contributed by atoms with E-state index in [1.807, 2.05) is 0 Å². The van der Waals surface area contributed by atoms with Crippen LogP contribution in [0.15, 0.2) is 4.99 Å². The lowest BCUT2D eigenvalue weighted by molar-refractivity contribution is 0.129. The monoisotopic (exact) mass is 264 g/mol. The van der Waals surface area contributed by atoms with Crippen molar-refractivity contribution >= 4 is 5.84 Å². The third-order valence-electron chi connectivity index (χ3n) is 4.73. The Bertz CT molecular complexity index is 306. The Labute approximate surface area is 119 Å². The highest BCUT2D eigenvalue weighted by molar-refractivity contribution is 5.84. The Hall–Kier alpha value is -0.530. The minimum absolute atomic E-state index is 0.432. The van der Waals surface area contributed by atoms with E-state index in [1.54, 1.807) is 0 Å². The lowest BCUT2D eigenvalue weighted by atomic mass is 9.79. The predicted molar refractivity (Wildman–Crippen MR) is 83.8 cm³/mol. The Balaban J connectivity index is 2.19. The van der Waals surface area contributed by atoms with E-state index >= 15 is 0 Å². The van der Waals surface area contributed by atoms with E-state index in [0.717, 1.165) is 12.0 Å². The van der Waals surface area contributed by atoms with Gasteiger partial charge < -0.3 is 4.90 Å². The molecule has 2 nitrogen and oxygen atoms in total. The first-order chi connectivity index (χ1) is 9.09. The fourth-order valence-corrected chi connectivity index (χ4v) is 3.99. The average molecular weight is 264 g/mol. The molecule has 0 radical (unpaired) electrons. The van der Waals surface area contributed by atoms with Gasteiger partial charge in [0.1, 0.15) is 0 Å². The topological polar surface area (TPSA) is 15.6 Å². The van der Waals surface area contributed by atoms with Gasteiger partial charge in [-0.2, -0.15) is 0 Å². The van der Waals surface area contributed by atoms with E-state index in [9.17, 15) is 0 Å². The number of amidine groups is 1. The molecule has 2 aliphatic rings. The zero-order valence-electron chi connectivity index (χ0n) is 13.4. The summed E-state index contributed by atoms with van der Waals surface area (Å²) in [6, 6.07) is 1.80. The number of piperidine rings is 1. The van der Waals surface area contributed by atoms with Crippen LogP contribution in [0.4, 0.5) is 0 Å². The van der Waals surface area contributed by atoms with E-state index in [-0.39, 0.29) is 0 Å². The molecule has 1 aliphatic carbocycles. The number of hydrogen-bond acceptors (Lipinski definition) is 1. The Morgan fingerprint density at radius 3 is 2.26 bits per heavy atom. The molecule has 0 aromatic rings. The molecule has 1 heterocycles. The molecule has 2 unspecified atom stereocenters. The summed E-state index contributed by atoms with van der Waals surface area (Å²) in [5.41, 5.74) is 0. The third kappa shape index (κ3) is 3.73. The molecule has 0 bridgehead atoms. The fourth-order valence-electron chi connectivity index (χ4n) is 3.99. The van der Waals surface area contributed by atoms with Crippen LogP contribution in [0.3, 0.4) is 0 Å². The molecule has 2 heteroatoms. The SMILES string of the molecule is CC(C)/N=C1\CCC2CCCCCCC2N1C(C)C. The normalized spacial score (nSPS) is 31.5. The van der Waals surface area contributed by atoms with Crippen LogP contribution in [-0.4, -0.2) is 28.9 Å². The van der Waals surface area contributed by atoms with Crippen molar-refractivity contribution in [3.05, 3.63) is 0 Å². The summed E-state index contributed by atoms with van der Waals surface area (Å²) in [5.74, 6) is 2.32. The second-order valence-electron chi connectivity index (χ2n) is 7.00. The van der Waals surface area contributed by atoms with Crippen LogP contribution in [0.25, 0.3) is 0 Å². The fraction of sp³-hybridized carbons (Fsp3) is 0.941. The molecular formula is C17H32N2. The van der Waals surface area contributed by atoms with Gasteiger partial charge in [0.15, 0.2) is 0 Å². The van der Waals surface area contributed by atoms with Crippen LogP contribution in [0.1, 0.15) is 79.1 Å². The Morgan fingerprint density at radius 1 is 0.947 bits per heavy atom. The number of hydrogen-bond donors (Lipinski definition) is 0. The summed E-state index contributed by atoms with van der Waals surface area (Å²) in [6.45, 7) is 9.10.